The van der Waals surface area contributed by atoms with Crippen molar-refractivity contribution in [2.45, 2.75) is 0 Å². The van der Waals surface area contributed by atoms with E-state index in [-0.39, 0.29) is 5.56 Å². The van der Waals surface area contributed by atoms with Crippen molar-refractivity contribution < 1.29 is 4.74 Å². The van der Waals surface area contributed by atoms with Crippen molar-refractivity contribution in [1.29, 1.82) is 0 Å². The minimum absolute atomic E-state index is 0.0139. The molecule has 4 heteroatoms. The molecule has 3 nitrogen and oxygen atoms in total. The number of H-pyrrole nitrogens is 1. The Balaban J connectivity index is 0.000000120. The van der Waals surface area contributed by atoms with Crippen LogP contribution in [0.25, 0.3) is 0 Å². The van der Waals surface area contributed by atoms with E-state index >= 15 is 0 Å². The van der Waals surface area contributed by atoms with Gasteiger partial charge >= 0.3 is 0 Å². The first-order valence-corrected chi connectivity index (χ1v) is 4.33. The fourth-order valence-corrected chi connectivity index (χ4v) is 1.01. The topological polar surface area (TPSA) is 42.1 Å². The first-order valence-electron chi connectivity index (χ1n) is 3.45. The van der Waals surface area contributed by atoms with Crippen LogP contribution in [-0.2, 0) is 4.74 Å². The predicted molar refractivity (Wildman–Crippen MR) is 49.2 cm³/mol. The second-order valence-electron chi connectivity index (χ2n) is 1.98. The highest BCUT2D eigenvalue weighted by molar-refractivity contribution is 7.03. The van der Waals surface area contributed by atoms with Crippen molar-refractivity contribution in [3.05, 3.63) is 46.3 Å². The van der Waals surface area contributed by atoms with E-state index in [4.69, 9.17) is 4.74 Å². The molecule has 0 bridgehead atoms. The third-order valence-corrected chi connectivity index (χ3v) is 1.65. The SMILES string of the molecule is C1=CCOC=C1.O=c1ccs[nH]1. The van der Waals surface area contributed by atoms with E-state index in [9.17, 15) is 4.79 Å². The number of aromatic amines is 1. The third kappa shape index (κ3) is 3.78. The molecule has 12 heavy (non-hydrogen) atoms. The van der Waals surface area contributed by atoms with Gasteiger partial charge in [0.15, 0.2) is 0 Å². The number of allylic oxidation sites excluding steroid dienone is 2. The summed E-state index contributed by atoms with van der Waals surface area (Å²) in [4.78, 5) is 10.0. The van der Waals surface area contributed by atoms with Crippen LogP contribution in [0.2, 0.25) is 0 Å². The minimum atomic E-state index is -0.0139. The Kier molecular flexibility index (Phi) is 3.94. The van der Waals surface area contributed by atoms with Crippen LogP contribution in [-0.4, -0.2) is 11.0 Å². The monoisotopic (exact) mass is 183 g/mol. The summed E-state index contributed by atoms with van der Waals surface area (Å²) in [5.41, 5.74) is -0.0139. The van der Waals surface area contributed by atoms with Gasteiger partial charge in [-0.25, -0.2) is 0 Å². The van der Waals surface area contributed by atoms with Gasteiger partial charge in [-0.1, -0.05) is 17.6 Å². The van der Waals surface area contributed by atoms with E-state index in [1.54, 1.807) is 11.6 Å². The summed E-state index contributed by atoms with van der Waals surface area (Å²) < 4.78 is 7.29. The van der Waals surface area contributed by atoms with Crippen molar-refractivity contribution in [3.8, 4) is 0 Å². The van der Waals surface area contributed by atoms with E-state index in [0.29, 0.717) is 0 Å². The fraction of sp³-hybridized carbons (Fsp3) is 0.125. The molecule has 0 fully saturated rings. The highest BCUT2D eigenvalue weighted by atomic mass is 32.1. The van der Waals surface area contributed by atoms with Crippen LogP contribution in [0.5, 0.6) is 0 Å². The lowest BCUT2D eigenvalue weighted by Crippen LogP contribution is -1.90. The first-order chi connectivity index (χ1) is 5.89. The summed E-state index contributed by atoms with van der Waals surface area (Å²) in [6.45, 7) is 0.733. The molecule has 1 N–H and O–H groups in total. The molecule has 0 amide bonds. The smallest absolute Gasteiger partial charge is 0.257 e. The molecule has 1 aromatic rings. The Morgan fingerprint density at radius 3 is 2.58 bits per heavy atom. The number of aromatic nitrogens is 1. The van der Waals surface area contributed by atoms with Crippen LogP contribution in [0, 0.1) is 0 Å². The van der Waals surface area contributed by atoms with Gasteiger partial charge in [0.05, 0.1) is 6.26 Å². The van der Waals surface area contributed by atoms with Crippen LogP contribution in [0.3, 0.4) is 0 Å². The number of rotatable bonds is 0. The molecular weight excluding hydrogens is 174 g/mol. The molecule has 0 saturated heterocycles. The Labute approximate surface area is 74.2 Å². The molecular formula is C8H9NO2S. The van der Waals surface area contributed by atoms with Crippen LogP contribution in [0.15, 0.2) is 40.7 Å². The molecule has 64 valence electrons. The predicted octanol–water partition coefficient (Wildman–Crippen LogP) is 1.52. The van der Waals surface area contributed by atoms with Crippen LogP contribution in [0.1, 0.15) is 0 Å². The quantitative estimate of drug-likeness (QED) is 0.662. The number of nitrogens with one attached hydrogen (secondary N) is 1. The lowest BCUT2D eigenvalue weighted by molar-refractivity contribution is 0.286. The molecule has 0 aromatic carbocycles. The van der Waals surface area contributed by atoms with Gasteiger partial charge in [-0.05, 0) is 12.2 Å². The van der Waals surface area contributed by atoms with Gasteiger partial charge < -0.3 is 4.74 Å². The molecule has 2 heterocycles. The van der Waals surface area contributed by atoms with Gasteiger partial charge in [-0.2, -0.15) is 0 Å². The van der Waals surface area contributed by atoms with Gasteiger partial charge in [0.2, 0.25) is 0 Å². The summed E-state index contributed by atoms with van der Waals surface area (Å²) in [6.07, 6.45) is 7.47. The molecule has 0 unspecified atom stereocenters. The first kappa shape index (κ1) is 8.80. The Morgan fingerprint density at radius 1 is 1.50 bits per heavy atom. The Hall–Kier alpha value is -1.29. The van der Waals surface area contributed by atoms with Crippen molar-refractivity contribution in [2.24, 2.45) is 0 Å². The second kappa shape index (κ2) is 5.37. The van der Waals surface area contributed by atoms with Crippen LogP contribution >= 0.6 is 11.5 Å². The summed E-state index contributed by atoms with van der Waals surface area (Å²) in [7, 11) is 0. The average molecular weight is 183 g/mol. The minimum Gasteiger partial charge on any atom is -0.497 e. The highest BCUT2D eigenvalue weighted by Crippen LogP contribution is 1.87. The van der Waals surface area contributed by atoms with Gasteiger partial charge in [0.25, 0.3) is 5.56 Å². The highest BCUT2D eigenvalue weighted by Gasteiger charge is 1.75. The zero-order chi connectivity index (χ0) is 8.65. The van der Waals surface area contributed by atoms with Gasteiger partial charge in [-0.3, -0.25) is 9.17 Å². The normalized spacial score (nSPS) is 13.0. The largest absolute Gasteiger partial charge is 0.497 e. The molecule has 0 radical (unpaired) electrons. The van der Waals surface area contributed by atoms with E-state index < -0.39 is 0 Å². The van der Waals surface area contributed by atoms with Crippen molar-refractivity contribution in [1.82, 2.24) is 4.37 Å². The van der Waals surface area contributed by atoms with Gasteiger partial charge in [0, 0.05) is 11.4 Å². The summed E-state index contributed by atoms with van der Waals surface area (Å²) in [5.74, 6) is 0. The Morgan fingerprint density at radius 2 is 2.42 bits per heavy atom. The molecule has 0 aliphatic carbocycles. The number of hydrogen-bond donors (Lipinski definition) is 1. The zero-order valence-corrected chi connectivity index (χ0v) is 7.21. The lowest BCUT2D eigenvalue weighted by atomic mass is 10.5. The molecule has 1 aliphatic rings. The maximum atomic E-state index is 10.0. The van der Waals surface area contributed by atoms with Gasteiger partial charge in [0.1, 0.15) is 6.61 Å². The van der Waals surface area contributed by atoms with E-state index in [1.165, 1.54) is 17.6 Å². The van der Waals surface area contributed by atoms with Crippen molar-refractivity contribution >= 4 is 11.5 Å². The average Bonchev–Trinajstić information content (AvgIpc) is 2.60. The molecule has 2 rings (SSSR count). The number of ether oxygens (including phenoxy) is 1. The van der Waals surface area contributed by atoms with E-state index in [2.05, 4.69) is 4.37 Å². The van der Waals surface area contributed by atoms with Crippen molar-refractivity contribution in [2.75, 3.05) is 6.61 Å². The Bertz CT molecular complexity index is 282. The number of hydrogen-bond acceptors (Lipinski definition) is 3. The van der Waals surface area contributed by atoms with Crippen LogP contribution < -0.4 is 5.56 Å². The molecule has 0 saturated carbocycles. The third-order valence-electron chi connectivity index (χ3n) is 1.06. The van der Waals surface area contributed by atoms with Crippen LogP contribution in [0.4, 0.5) is 0 Å². The summed E-state index contributed by atoms with van der Waals surface area (Å²) >= 11 is 1.30. The second-order valence-corrected chi connectivity index (χ2v) is 2.69. The molecule has 1 aliphatic heterocycles. The lowest BCUT2D eigenvalue weighted by Gasteiger charge is -1.94. The standard InChI is InChI=1S/C5H6O.C3H3NOS/c1-2-4-6-5-3-1;5-3-1-2-6-4-3/h1-4H,5H2;1-2H,(H,4,5). The molecule has 0 atom stereocenters. The summed E-state index contributed by atoms with van der Waals surface area (Å²) in [6, 6.07) is 1.49. The molecule has 0 spiro atoms. The van der Waals surface area contributed by atoms with Gasteiger partial charge in [-0.15, -0.1) is 0 Å². The maximum Gasteiger partial charge on any atom is 0.257 e. The van der Waals surface area contributed by atoms with Crippen molar-refractivity contribution in [3.63, 3.8) is 0 Å². The van der Waals surface area contributed by atoms with E-state index in [0.717, 1.165) is 6.61 Å². The summed E-state index contributed by atoms with van der Waals surface area (Å²) in [5, 5.41) is 1.71. The van der Waals surface area contributed by atoms with E-state index in [1.807, 2.05) is 18.2 Å². The maximum absolute atomic E-state index is 10.0. The zero-order valence-electron chi connectivity index (χ0n) is 6.40. The fourth-order valence-electron chi connectivity index (χ4n) is 0.568. The molecule has 1 aromatic heterocycles.